The lowest BCUT2D eigenvalue weighted by Crippen LogP contribution is -2.48. The minimum atomic E-state index is 0.121. The summed E-state index contributed by atoms with van der Waals surface area (Å²) in [5.41, 5.74) is 5.12. The van der Waals surface area contributed by atoms with Gasteiger partial charge in [0.25, 0.3) is 5.78 Å². The van der Waals surface area contributed by atoms with Gasteiger partial charge in [-0.05, 0) is 43.9 Å². The highest BCUT2D eigenvalue weighted by atomic mass is 35.5. The number of aromatic nitrogens is 4. The van der Waals surface area contributed by atoms with E-state index in [0.29, 0.717) is 29.7 Å². The highest BCUT2D eigenvalue weighted by Crippen LogP contribution is 2.34. The molecule has 1 saturated heterocycles. The lowest BCUT2D eigenvalue weighted by Gasteiger charge is -2.36. The predicted molar refractivity (Wildman–Crippen MR) is 142 cm³/mol. The third-order valence-corrected chi connectivity index (χ3v) is 7.37. The van der Waals surface area contributed by atoms with Crippen LogP contribution in [0.4, 0.5) is 17.2 Å². The summed E-state index contributed by atoms with van der Waals surface area (Å²) in [6.07, 6.45) is 4.15. The Hall–Kier alpha value is -3.65. The van der Waals surface area contributed by atoms with E-state index >= 15 is 0 Å². The molecular weight excluding hydrogens is 474 g/mol. The number of benzene rings is 2. The van der Waals surface area contributed by atoms with Crippen LogP contribution < -0.4 is 10.2 Å². The normalized spacial score (nSPS) is 15.7. The van der Waals surface area contributed by atoms with Gasteiger partial charge in [0.05, 0.1) is 16.4 Å². The number of piperazine rings is 1. The first-order valence-corrected chi connectivity index (χ1v) is 12.9. The molecule has 1 N–H and O–H groups in total. The fourth-order valence-electron chi connectivity index (χ4n) is 5.12. The van der Waals surface area contributed by atoms with Crippen molar-refractivity contribution in [1.29, 1.82) is 0 Å². The molecule has 6 rings (SSSR count). The molecule has 1 aliphatic heterocycles. The van der Waals surface area contributed by atoms with Crippen molar-refractivity contribution < 1.29 is 4.79 Å². The fourth-order valence-corrected chi connectivity index (χ4v) is 5.42. The van der Waals surface area contributed by atoms with E-state index in [9.17, 15) is 4.79 Å². The zero-order valence-electron chi connectivity index (χ0n) is 20.2. The van der Waals surface area contributed by atoms with Gasteiger partial charge in [-0.1, -0.05) is 41.9 Å². The van der Waals surface area contributed by atoms with Crippen molar-refractivity contribution in [3.63, 3.8) is 0 Å². The van der Waals surface area contributed by atoms with Gasteiger partial charge in [0.2, 0.25) is 5.91 Å². The van der Waals surface area contributed by atoms with Gasteiger partial charge in [-0.2, -0.15) is 9.50 Å². The van der Waals surface area contributed by atoms with E-state index in [1.807, 2.05) is 45.8 Å². The van der Waals surface area contributed by atoms with Gasteiger partial charge in [-0.25, -0.2) is 4.98 Å². The summed E-state index contributed by atoms with van der Waals surface area (Å²) in [6, 6.07) is 16.0. The first kappa shape index (κ1) is 22.8. The maximum atomic E-state index is 11.7. The molecule has 1 aliphatic carbocycles. The number of nitrogens with zero attached hydrogens (tertiary/aromatic N) is 6. The van der Waals surface area contributed by atoms with Crippen molar-refractivity contribution in [3.05, 3.63) is 64.8 Å². The molecule has 3 heterocycles. The van der Waals surface area contributed by atoms with Gasteiger partial charge in [0, 0.05) is 49.9 Å². The number of halogens is 1. The van der Waals surface area contributed by atoms with E-state index in [1.54, 1.807) is 6.92 Å². The topological polar surface area (TPSA) is 78.7 Å². The van der Waals surface area contributed by atoms with Crippen LogP contribution in [0, 0.1) is 0 Å². The van der Waals surface area contributed by atoms with Crippen molar-refractivity contribution >= 4 is 40.5 Å². The molecule has 1 amide bonds. The van der Waals surface area contributed by atoms with Crippen LogP contribution in [0.15, 0.2) is 48.5 Å². The monoisotopic (exact) mass is 501 g/mol. The van der Waals surface area contributed by atoms with E-state index in [0.717, 1.165) is 67.2 Å². The second kappa shape index (κ2) is 9.43. The number of fused-ring (bicyclic) bond motifs is 2. The van der Waals surface area contributed by atoms with Crippen LogP contribution in [0.2, 0.25) is 5.02 Å². The minimum Gasteiger partial charge on any atom is -0.367 e. The second-order valence-electron chi connectivity index (χ2n) is 9.39. The van der Waals surface area contributed by atoms with Gasteiger partial charge < -0.3 is 15.1 Å². The third-order valence-electron chi connectivity index (χ3n) is 7.07. The molecule has 9 heteroatoms. The number of carbonyl (C=O) groups excluding carboxylic acids is 1. The molecule has 2 aromatic heterocycles. The van der Waals surface area contributed by atoms with Gasteiger partial charge in [0.15, 0.2) is 5.82 Å². The van der Waals surface area contributed by atoms with Crippen molar-refractivity contribution in [2.75, 3.05) is 36.4 Å². The Kier molecular flexibility index (Phi) is 5.97. The standard InChI is InChI=1S/C27H28ClN7O/c1-18(36)33-13-15-34(16-14-33)24-12-11-20(17-22(24)28)29-26-21-9-5-6-10-23(21)30-27-31-25(32-35(26)27)19-7-3-2-4-8-19/h2-4,7-8,11-12,17,29H,5-6,9-10,13-16H2,1H3. The molecule has 2 aliphatic rings. The van der Waals surface area contributed by atoms with E-state index in [-0.39, 0.29) is 5.91 Å². The number of rotatable bonds is 4. The second-order valence-corrected chi connectivity index (χ2v) is 9.80. The summed E-state index contributed by atoms with van der Waals surface area (Å²) >= 11 is 6.76. The predicted octanol–water partition coefficient (Wildman–Crippen LogP) is 4.74. The Bertz CT molecular complexity index is 1430. The lowest BCUT2D eigenvalue weighted by atomic mass is 9.96. The number of hydrogen-bond donors (Lipinski definition) is 1. The van der Waals surface area contributed by atoms with E-state index < -0.39 is 0 Å². The minimum absolute atomic E-state index is 0.121. The number of anilines is 3. The fraction of sp³-hybridized carbons (Fsp3) is 0.333. The summed E-state index contributed by atoms with van der Waals surface area (Å²) in [4.78, 5) is 25.4. The molecule has 0 bridgehead atoms. The molecule has 4 aromatic rings. The Morgan fingerprint density at radius 1 is 0.972 bits per heavy atom. The molecule has 0 spiro atoms. The maximum Gasteiger partial charge on any atom is 0.254 e. The number of aryl methyl sites for hydroxylation is 1. The van der Waals surface area contributed by atoms with Gasteiger partial charge in [0.1, 0.15) is 5.82 Å². The van der Waals surface area contributed by atoms with Gasteiger partial charge in [-0.15, -0.1) is 5.10 Å². The average Bonchev–Trinajstić information content (AvgIpc) is 3.33. The first-order valence-electron chi connectivity index (χ1n) is 12.5. The zero-order chi connectivity index (χ0) is 24.6. The summed E-state index contributed by atoms with van der Waals surface area (Å²) < 4.78 is 1.83. The molecule has 2 aromatic carbocycles. The number of carbonyl (C=O) groups is 1. The van der Waals surface area contributed by atoms with Crippen LogP contribution in [0.3, 0.4) is 0 Å². The highest BCUT2D eigenvalue weighted by molar-refractivity contribution is 6.33. The van der Waals surface area contributed by atoms with Crippen LogP contribution >= 0.6 is 11.6 Å². The third kappa shape index (κ3) is 4.26. The Balaban J connectivity index is 1.33. The van der Waals surface area contributed by atoms with E-state index in [4.69, 9.17) is 26.7 Å². The molecule has 0 radical (unpaired) electrons. The Labute approximate surface area is 214 Å². The summed E-state index contributed by atoms with van der Waals surface area (Å²) in [7, 11) is 0. The number of hydrogen-bond acceptors (Lipinski definition) is 6. The molecule has 1 fully saturated rings. The summed E-state index contributed by atoms with van der Waals surface area (Å²) in [5, 5.41) is 9.11. The molecule has 0 saturated carbocycles. The summed E-state index contributed by atoms with van der Waals surface area (Å²) in [6.45, 7) is 4.58. The van der Waals surface area contributed by atoms with Crippen LogP contribution in [-0.4, -0.2) is 56.6 Å². The molecular formula is C27H28ClN7O. The highest BCUT2D eigenvalue weighted by Gasteiger charge is 2.23. The van der Waals surface area contributed by atoms with E-state index in [1.165, 1.54) is 5.56 Å². The molecule has 0 atom stereocenters. The van der Waals surface area contributed by atoms with Crippen LogP contribution in [0.25, 0.3) is 17.2 Å². The van der Waals surface area contributed by atoms with Crippen molar-refractivity contribution in [1.82, 2.24) is 24.5 Å². The van der Waals surface area contributed by atoms with Crippen LogP contribution in [0.5, 0.6) is 0 Å². The molecule has 0 unspecified atom stereocenters. The Morgan fingerprint density at radius 2 is 1.75 bits per heavy atom. The first-order chi connectivity index (χ1) is 17.6. The Morgan fingerprint density at radius 3 is 2.50 bits per heavy atom. The van der Waals surface area contributed by atoms with E-state index in [2.05, 4.69) is 22.3 Å². The quantitative estimate of drug-likeness (QED) is 0.435. The maximum absolute atomic E-state index is 11.7. The SMILES string of the molecule is CC(=O)N1CCN(c2ccc(Nc3c4c(nc5nc(-c6ccccc6)nn35)CCCC4)cc2Cl)CC1. The van der Waals surface area contributed by atoms with Crippen LogP contribution in [0.1, 0.15) is 31.0 Å². The molecule has 8 nitrogen and oxygen atoms in total. The van der Waals surface area contributed by atoms with Crippen LogP contribution in [-0.2, 0) is 17.6 Å². The van der Waals surface area contributed by atoms with Crippen molar-refractivity contribution in [2.45, 2.75) is 32.6 Å². The van der Waals surface area contributed by atoms with Crippen molar-refractivity contribution in [3.8, 4) is 11.4 Å². The smallest absolute Gasteiger partial charge is 0.254 e. The lowest BCUT2D eigenvalue weighted by molar-refractivity contribution is -0.129. The molecule has 184 valence electrons. The largest absolute Gasteiger partial charge is 0.367 e. The summed E-state index contributed by atoms with van der Waals surface area (Å²) in [5.74, 6) is 2.29. The average molecular weight is 502 g/mol. The van der Waals surface area contributed by atoms with Crippen molar-refractivity contribution in [2.24, 2.45) is 0 Å². The van der Waals surface area contributed by atoms with Gasteiger partial charge >= 0.3 is 0 Å². The zero-order valence-corrected chi connectivity index (χ0v) is 21.0. The number of amides is 1. The molecule has 36 heavy (non-hydrogen) atoms. The number of nitrogens with one attached hydrogen (secondary N) is 1. The van der Waals surface area contributed by atoms with Gasteiger partial charge in [-0.3, -0.25) is 4.79 Å².